The van der Waals surface area contributed by atoms with Crippen LogP contribution in [0.1, 0.15) is 51.9 Å². The molecule has 98 valence electrons. The lowest BCUT2D eigenvalue weighted by molar-refractivity contribution is -0.118. The second-order valence-corrected chi connectivity index (χ2v) is 4.31. The first-order chi connectivity index (χ1) is 8.16. The van der Waals surface area contributed by atoms with Crippen LogP contribution in [0.2, 0.25) is 0 Å². The molecule has 0 saturated carbocycles. The lowest BCUT2D eigenvalue weighted by Crippen LogP contribution is -2.25. The highest BCUT2D eigenvalue weighted by molar-refractivity contribution is 5.74. The van der Waals surface area contributed by atoms with E-state index < -0.39 is 0 Å². The van der Waals surface area contributed by atoms with E-state index in [9.17, 15) is 4.79 Å². The van der Waals surface area contributed by atoms with Gasteiger partial charge in [-0.25, -0.2) is 0 Å². The summed E-state index contributed by atoms with van der Waals surface area (Å²) in [5, 5.41) is 0. The third-order valence-electron chi connectivity index (χ3n) is 2.46. The Morgan fingerprint density at radius 2 is 1.76 bits per heavy atom. The molecule has 0 rings (SSSR count). The number of unbranched alkanes of at least 4 members (excludes halogenated alkanes) is 4. The number of allylic oxidation sites excluding steroid dienone is 3. The van der Waals surface area contributed by atoms with Crippen LogP contribution in [0.25, 0.3) is 0 Å². The van der Waals surface area contributed by atoms with Crippen molar-refractivity contribution in [1.82, 2.24) is 0 Å². The normalized spacial score (nSPS) is 13.5. The average Bonchev–Trinajstić information content (AvgIpc) is 2.26. The second-order valence-electron chi connectivity index (χ2n) is 4.31. The Balaban J connectivity index is 3.43. The number of primary amides is 1. The Morgan fingerprint density at radius 1 is 1.12 bits per heavy atom. The predicted molar refractivity (Wildman–Crippen MR) is 73.4 cm³/mol. The number of carbonyl (C=O) groups excluding carboxylic acids is 1. The maximum absolute atomic E-state index is 10.6. The molecule has 1 atom stereocenters. The van der Waals surface area contributed by atoms with Crippen LogP contribution in [-0.2, 0) is 4.79 Å². The zero-order valence-corrected chi connectivity index (χ0v) is 10.9. The third kappa shape index (κ3) is 12.8. The minimum atomic E-state index is -0.349. The van der Waals surface area contributed by atoms with E-state index in [0.29, 0.717) is 0 Å². The van der Waals surface area contributed by atoms with Crippen LogP contribution in [0.15, 0.2) is 24.3 Å². The number of amides is 1. The molecule has 0 aliphatic heterocycles. The van der Waals surface area contributed by atoms with Gasteiger partial charge in [0, 0.05) is 12.5 Å². The first-order valence-corrected chi connectivity index (χ1v) is 6.52. The van der Waals surface area contributed by atoms with Crippen molar-refractivity contribution in [3.63, 3.8) is 0 Å². The summed E-state index contributed by atoms with van der Waals surface area (Å²) >= 11 is 0. The van der Waals surface area contributed by atoms with Crippen LogP contribution in [-0.4, -0.2) is 11.9 Å². The van der Waals surface area contributed by atoms with Gasteiger partial charge in [0.25, 0.3) is 0 Å². The van der Waals surface area contributed by atoms with E-state index in [1.807, 2.05) is 12.2 Å². The molecule has 0 radical (unpaired) electrons. The minimum absolute atomic E-state index is 0.226. The van der Waals surface area contributed by atoms with E-state index in [1.165, 1.54) is 25.7 Å². The van der Waals surface area contributed by atoms with Crippen LogP contribution in [0.5, 0.6) is 0 Å². The van der Waals surface area contributed by atoms with Crippen molar-refractivity contribution >= 4 is 5.91 Å². The molecule has 1 amide bonds. The summed E-state index contributed by atoms with van der Waals surface area (Å²) in [6.45, 7) is 2.21. The fraction of sp³-hybridized carbons (Fsp3) is 0.643. The van der Waals surface area contributed by atoms with Gasteiger partial charge in [0.1, 0.15) is 0 Å². The van der Waals surface area contributed by atoms with Crippen LogP contribution in [0.3, 0.4) is 0 Å². The molecule has 0 fully saturated rings. The molecule has 0 spiro atoms. The molecule has 0 heterocycles. The molecule has 3 nitrogen and oxygen atoms in total. The average molecular weight is 238 g/mol. The molecule has 0 aromatic carbocycles. The van der Waals surface area contributed by atoms with Crippen molar-refractivity contribution < 1.29 is 4.79 Å². The standard InChI is InChI=1S/C14H26N2O/c1-2-3-4-5-6-7-8-9-10-11-13(15)12-14(16)17/h6-7,10-11,13H,2-5,8-9,12,15H2,1H3,(H2,16,17)/b7-6-,11-10+. The molecule has 0 aromatic heterocycles. The zero-order valence-electron chi connectivity index (χ0n) is 10.9. The van der Waals surface area contributed by atoms with Crippen LogP contribution >= 0.6 is 0 Å². The topological polar surface area (TPSA) is 69.1 Å². The highest BCUT2D eigenvalue weighted by Gasteiger charge is 2.00. The van der Waals surface area contributed by atoms with Gasteiger partial charge in [-0.15, -0.1) is 0 Å². The maximum Gasteiger partial charge on any atom is 0.219 e. The summed E-state index contributed by atoms with van der Waals surface area (Å²) in [5.41, 5.74) is 10.7. The molecule has 0 aliphatic rings. The van der Waals surface area contributed by atoms with Gasteiger partial charge in [-0.3, -0.25) is 4.79 Å². The lowest BCUT2D eigenvalue weighted by atomic mass is 10.1. The van der Waals surface area contributed by atoms with Gasteiger partial charge in [-0.05, 0) is 25.7 Å². The number of hydrogen-bond donors (Lipinski definition) is 2. The summed E-state index contributed by atoms with van der Waals surface area (Å²) in [4.78, 5) is 10.6. The van der Waals surface area contributed by atoms with E-state index in [0.717, 1.165) is 12.8 Å². The molecule has 0 aliphatic carbocycles. The Bertz CT molecular complexity index is 247. The van der Waals surface area contributed by atoms with E-state index in [-0.39, 0.29) is 18.4 Å². The highest BCUT2D eigenvalue weighted by Crippen LogP contribution is 2.01. The minimum Gasteiger partial charge on any atom is -0.370 e. The van der Waals surface area contributed by atoms with Gasteiger partial charge < -0.3 is 11.5 Å². The maximum atomic E-state index is 10.6. The Kier molecular flexibility index (Phi) is 10.7. The molecule has 0 aromatic rings. The molecule has 0 saturated heterocycles. The SMILES string of the molecule is CCCCC/C=C\CC/C=C/C(N)CC(N)=O. The predicted octanol–water partition coefficient (Wildman–Crippen LogP) is 2.66. The number of hydrogen-bond acceptors (Lipinski definition) is 2. The summed E-state index contributed by atoms with van der Waals surface area (Å²) in [6.07, 6.45) is 15.6. The van der Waals surface area contributed by atoms with Crippen LogP contribution in [0.4, 0.5) is 0 Å². The van der Waals surface area contributed by atoms with Crippen molar-refractivity contribution in [1.29, 1.82) is 0 Å². The number of nitrogens with two attached hydrogens (primary N) is 2. The van der Waals surface area contributed by atoms with Crippen molar-refractivity contribution in [3.8, 4) is 0 Å². The van der Waals surface area contributed by atoms with Gasteiger partial charge in [0.05, 0.1) is 0 Å². The van der Waals surface area contributed by atoms with Crippen molar-refractivity contribution in [2.45, 2.75) is 57.9 Å². The number of carbonyl (C=O) groups is 1. The molecular formula is C14H26N2O. The molecule has 0 bridgehead atoms. The van der Waals surface area contributed by atoms with Crippen molar-refractivity contribution in [2.24, 2.45) is 11.5 Å². The van der Waals surface area contributed by atoms with Gasteiger partial charge in [-0.2, -0.15) is 0 Å². The lowest BCUT2D eigenvalue weighted by Gasteiger charge is -2.01. The van der Waals surface area contributed by atoms with E-state index >= 15 is 0 Å². The van der Waals surface area contributed by atoms with E-state index in [4.69, 9.17) is 11.5 Å². The summed E-state index contributed by atoms with van der Waals surface area (Å²) < 4.78 is 0. The summed E-state index contributed by atoms with van der Waals surface area (Å²) in [7, 11) is 0. The number of rotatable bonds is 10. The smallest absolute Gasteiger partial charge is 0.219 e. The molecular weight excluding hydrogens is 212 g/mol. The fourth-order valence-electron chi connectivity index (χ4n) is 1.51. The van der Waals surface area contributed by atoms with Gasteiger partial charge >= 0.3 is 0 Å². The Hall–Kier alpha value is -1.09. The second kappa shape index (κ2) is 11.4. The summed E-state index contributed by atoms with van der Waals surface area (Å²) in [6, 6.07) is -0.235. The monoisotopic (exact) mass is 238 g/mol. The summed E-state index contributed by atoms with van der Waals surface area (Å²) in [5.74, 6) is -0.349. The molecule has 17 heavy (non-hydrogen) atoms. The first kappa shape index (κ1) is 15.9. The van der Waals surface area contributed by atoms with Crippen molar-refractivity contribution in [2.75, 3.05) is 0 Å². The Morgan fingerprint density at radius 3 is 2.41 bits per heavy atom. The van der Waals surface area contributed by atoms with Gasteiger partial charge in [-0.1, -0.05) is 44.1 Å². The zero-order chi connectivity index (χ0) is 12.9. The van der Waals surface area contributed by atoms with Gasteiger partial charge in [0.2, 0.25) is 5.91 Å². The first-order valence-electron chi connectivity index (χ1n) is 6.52. The third-order valence-corrected chi connectivity index (χ3v) is 2.46. The van der Waals surface area contributed by atoms with E-state index in [2.05, 4.69) is 19.1 Å². The fourth-order valence-corrected chi connectivity index (χ4v) is 1.51. The van der Waals surface area contributed by atoms with Crippen molar-refractivity contribution in [3.05, 3.63) is 24.3 Å². The highest BCUT2D eigenvalue weighted by atomic mass is 16.1. The van der Waals surface area contributed by atoms with Gasteiger partial charge in [0.15, 0.2) is 0 Å². The van der Waals surface area contributed by atoms with E-state index in [1.54, 1.807) is 0 Å². The molecule has 4 N–H and O–H groups in total. The quantitative estimate of drug-likeness (QED) is 0.454. The Labute approximate surface area is 105 Å². The van der Waals surface area contributed by atoms with Crippen LogP contribution in [0, 0.1) is 0 Å². The largest absolute Gasteiger partial charge is 0.370 e. The molecule has 3 heteroatoms. The molecule has 1 unspecified atom stereocenters. The van der Waals surface area contributed by atoms with Crippen LogP contribution < -0.4 is 11.5 Å².